The highest BCUT2D eigenvalue weighted by molar-refractivity contribution is 6.34. The highest BCUT2D eigenvalue weighted by Gasteiger charge is 2.26. The number of aromatic nitrogens is 2. The summed E-state index contributed by atoms with van der Waals surface area (Å²) < 4.78 is 4.95. The fourth-order valence-corrected chi connectivity index (χ4v) is 7.73. The molecule has 2 aliphatic rings. The normalized spacial score (nSPS) is 14.8. The third-order valence-corrected chi connectivity index (χ3v) is 10.9. The van der Waals surface area contributed by atoms with Crippen molar-refractivity contribution in [2.24, 2.45) is 0 Å². The monoisotopic (exact) mass is 844 g/mol. The molecule has 0 spiro atoms. The summed E-state index contributed by atoms with van der Waals surface area (Å²) in [6.07, 6.45) is 6.52. The molecule has 6 aromatic rings. The summed E-state index contributed by atoms with van der Waals surface area (Å²) in [7, 11) is 0. The van der Waals surface area contributed by atoms with E-state index in [0.717, 1.165) is 85.0 Å². The Morgan fingerprint density at radius 2 is 1.17 bits per heavy atom. The lowest BCUT2D eigenvalue weighted by Gasteiger charge is -2.33. The number of amides is 2. The van der Waals surface area contributed by atoms with Crippen molar-refractivity contribution in [1.29, 1.82) is 0 Å². The van der Waals surface area contributed by atoms with E-state index in [9.17, 15) is 29.8 Å². The molecule has 0 saturated carbocycles. The molecule has 0 unspecified atom stereocenters. The molecule has 8 rings (SSSR count). The van der Waals surface area contributed by atoms with Crippen LogP contribution >= 0.6 is 34.8 Å². The smallest absolute Gasteiger partial charge is 0.395 e. The number of piperidine rings is 2. The van der Waals surface area contributed by atoms with Gasteiger partial charge in [-0.15, -0.1) is 0 Å². The van der Waals surface area contributed by atoms with Crippen molar-refractivity contribution in [1.82, 2.24) is 20.6 Å². The van der Waals surface area contributed by atoms with Crippen LogP contribution in [-0.4, -0.2) is 69.9 Å². The number of nitrogens with zero attached hydrogens (tertiary/aromatic N) is 6. The summed E-state index contributed by atoms with van der Waals surface area (Å²) in [5, 5.41) is 33.0. The zero-order valence-corrected chi connectivity index (χ0v) is 32.9. The van der Waals surface area contributed by atoms with Gasteiger partial charge in [-0.2, -0.15) is 0 Å². The van der Waals surface area contributed by atoms with Crippen molar-refractivity contribution in [3.05, 3.63) is 138 Å². The topological polar surface area (TPSA) is 190 Å². The minimum absolute atomic E-state index is 0.00979. The van der Waals surface area contributed by atoms with Crippen molar-refractivity contribution in [3.63, 3.8) is 0 Å². The van der Waals surface area contributed by atoms with E-state index in [0.29, 0.717) is 10.0 Å². The number of carbonyl (C=O) groups is 2. The van der Waals surface area contributed by atoms with Crippen LogP contribution in [0.15, 0.2) is 95.7 Å². The Kier molecular flexibility index (Phi) is 12.2. The first-order valence-electron chi connectivity index (χ1n) is 18.3. The number of nitro groups is 2. The van der Waals surface area contributed by atoms with Crippen LogP contribution in [0.5, 0.6) is 0 Å². The zero-order chi connectivity index (χ0) is 40.9. The first-order valence-corrected chi connectivity index (χ1v) is 19.4. The average Bonchev–Trinajstić information content (AvgIpc) is 3.73. The van der Waals surface area contributed by atoms with E-state index in [1.165, 1.54) is 30.3 Å². The predicted octanol–water partition coefficient (Wildman–Crippen LogP) is 8.64. The molecule has 58 heavy (non-hydrogen) atoms. The van der Waals surface area contributed by atoms with Crippen LogP contribution < -0.4 is 20.4 Å². The quantitative estimate of drug-likeness (QED) is 0.110. The highest BCUT2D eigenvalue weighted by Crippen LogP contribution is 2.31. The number of benzene rings is 3. The van der Waals surface area contributed by atoms with Gasteiger partial charge in [0.25, 0.3) is 17.5 Å². The highest BCUT2D eigenvalue weighted by atomic mass is 35.5. The molecule has 298 valence electrons. The number of hydrogen-bond acceptors (Lipinski definition) is 11. The molecule has 15 nitrogen and oxygen atoms in total. The summed E-state index contributed by atoms with van der Waals surface area (Å²) in [5.74, 6) is 0.549. The molecule has 18 heteroatoms. The minimum Gasteiger partial charge on any atom is -0.395 e. The molecule has 2 fully saturated rings. The number of nitro benzene ring substituents is 1. The van der Waals surface area contributed by atoms with Crippen LogP contribution in [-0.2, 0) is 0 Å². The Morgan fingerprint density at radius 3 is 1.64 bits per heavy atom. The van der Waals surface area contributed by atoms with Crippen LogP contribution in [0.4, 0.5) is 23.2 Å². The number of hydrogen-bond donors (Lipinski definition) is 2. The van der Waals surface area contributed by atoms with E-state index in [1.807, 2.05) is 48.5 Å². The average molecular weight is 846 g/mol. The first-order chi connectivity index (χ1) is 27.9. The van der Waals surface area contributed by atoms with Gasteiger partial charge in [0.2, 0.25) is 0 Å². The summed E-state index contributed by atoms with van der Waals surface area (Å²) in [5.41, 5.74) is 0.0889. The standard InChI is InChI=1S/C21H18Cl2N4O3.C19H17ClN4O4/c22-14-1-3-17-13(11-14)5-8-24-20(17)26-9-6-15(7-10-26)25-21(28)18-4-2-16(27(29)30)12-19(18)23;20-13-1-2-15-12(11-13)5-8-21-18(15)23-9-6-14(7-10-23)22-19(25)16-3-4-17(28-16)24(26)27/h1-5,8,11-12,15H,6-7,9-10H2,(H,25,28);1-5,8,11,14H,6-7,9-10H2,(H,22,25). The number of furan rings is 1. The maximum Gasteiger partial charge on any atom is 0.433 e. The zero-order valence-electron chi connectivity index (χ0n) is 30.6. The van der Waals surface area contributed by atoms with Crippen LogP contribution in [0.3, 0.4) is 0 Å². The minimum atomic E-state index is -0.667. The molecule has 5 heterocycles. The summed E-state index contributed by atoms with van der Waals surface area (Å²) >= 11 is 18.2. The fraction of sp³-hybridized carbons (Fsp3) is 0.250. The Morgan fingerprint density at radius 1 is 0.655 bits per heavy atom. The second-order valence-corrected chi connectivity index (χ2v) is 15.1. The fourth-order valence-electron chi connectivity index (χ4n) is 7.11. The van der Waals surface area contributed by atoms with Gasteiger partial charge in [-0.1, -0.05) is 34.8 Å². The molecule has 0 bridgehead atoms. The number of anilines is 2. The van der Waals surface area contributed by atoms with Gasteiger partial charge in [0.1, 0.15) is 16.6 Å². The van der Waals surface area contributed by atoms with Crippen LogP contribution in [0.2, 0.25) is 15.1 Å². The number of rotatable bonds is 8. The van der Waals surface area contributed by atoms with Crippen molar-refractivity contribution in [3.8, 4) is 0 Å². The summed E-state index contributed by atoms with van der Waals surface area (Å²) in [6, 6.07) is 21.7. The summed E-state index contributed by atoms with van der Waals surface area (Å²) in [4.78, 5) is 58.6. The van der Waals surface area contributed by atoms with Gasteiger partial charge in [0.05, 0.1) is 21.6 Å². The van der Waals surface area contributed by atoms with E-state index in [1.54, 1.807) is 12.4 Å². The molecule has 3 aromatic carbocycles. The number of nitrogens with one attached hydrogen (secondary N) is 2. The van der Waals surface area contributed by atoms with Gasteiger partial charge in [-0.25, -0.2) is 9.97 Å². The molecule has 2 saturated heterocycles. The van der Waals surface area contributed by atoms with Crippen LogP contribution in [0.25, 0.3) is 21.5 Å². The summed E-state index contributed by atoms with van der Waals surface area (Å²) in [6.45, 7) is 2.96. The van der Waals surface area contributed by atoms with Gasteiger partial charge in [-0.05, 0) is 97.1 Å². The van der Waals surface area contributed by atoms with Crippen molar-refractivity contribution in [2.75, 3.05) is 36.0 Å². The number of carbonyl (C=O) groups excluding carboxylic acids is 2. The van der Waals surface area contributed by atoms with Crippen molar-refractivity contribution < 1.29 is 23.9 Å². The second-order valence-electron chi connectivity index (χ2n) is 13.8. The Hall–Kier alpha value is -6.03. The second kappa shape index (κ2) is 17.6. The molecule has 2 aliphatic heterocycles. The van der Waals surface area contributed by atoms with Gasteiger partial charge in [-0.3, -0.25) is 29.8 Å². The van der Waals surface area contributed by atoms with Crippen molar-refractivity contribution in [2.45, 2.75) is 37.8 Å². The molecule has 0 aliphatic carbocycles. The maximum absolute atomic E-state index is 12.6. The third-order valence-electron chi connectivity index (χ3n) is 10.1. The van der Waals surface area contributed by atoms with E-state index in [2.05, 4.69) is 30.4 Å². The Bertz CT molecular complexity index is 2520. The predicted molar refractivity (Wildman–Crippen MR) is 222 cm³/mol. The van der Waals surface area contributed by atoms with E-state index < -0.39 is 21.6 Å². The van der Waals surface area contributed by atoms with Crippen LogP contribution in [0.1, 0.15) is 46.6 Å². The van der Waals surface area contributed by atoms with E-state index in [4.69, 9.17) is 39.2 Å². The lowest BCUT2D eigenvalue weighted by atomic mass is 10.0. The SMILES string of the molecule is O=C(NC1CCN(c2nccc3cc(Cl)ccc23)CC1)c1ccc([N+](=O)[O-])cc1Cl.O=C(NC1CCN(c2nccc3cc(Cl)ccc23)CC1)c1ccc([N+](=O)[O-])o1. The first kappa shape index (κ1) is 40.2. The molecule has 3 aromatic heterocycles. The maximum atomic E-state index is 12.6. The van der Waals surface area contributed by atoms with E-state index in [-0.39, 0.29) is 40.0 Å². The molecular formula is C40H35Cl3N8O7. The molecule has 0 radical (unpaired) electrons. The van der Waals surface area contributed by atoms with E-state index >= 15 is 0 Å². The Labute approximate surface area is 346 Å². The van der Waals surface area contributed by atoms with Gasteiger partial charge >= 0.3 is 5.88 Å². The number of fused-ring (bicyclic) bond motifs is 2. The molecule has 0 atom stereocenters. The third kappa shape index (κ3) is 9.23. The number of non-ortho nitro benzene ring substituents is 1. The van der Waals surface area contributed by atoms with Gasteiger partial charge < -0.3 is 24.9 Å². The molecular weight excluding hydrogens is 811 g/mol. The number of halogens is 3. The Balaban J connectivity index is 0.000000177. The largest absolute Gasteiger partial charge is 0.433 e. The van der Waals surface area contributed by atoms with Crippen molar-refractivity contribution >= 4 is 91.4 Å². The molecule has 2 N–H and O–H groups in total. The number of pyridine rings is 2. The van der Waals surface area contributed by atoms with Gasteiger partial charge in [0, 0.05) is 83.6 Å². The van der Waals surface area contributed by atoms with Crippen LogP contribution in [0, 0.1) is 20.2 Å². The lowest BCUT2D eigenvalue weighted by Crippen LogP contribution is -2.45. The lowest BCUT2D eigenvalue weighted by molar-refractivity contribution is -0.402. The molecule has 2 amide bonds. The van der Waals surface area contributed by atoms with Gasteiger partial charge in [0.15, 0.2) is 5.76 Å².